The third kappa shape index (κ3) is 5.49. The zero-order valence-electron chi connectivity index (χ0n) is 14.6. The molecule has 0 unspecified atom stereocenters. The molecule has 140 valence electrons. The molecule has 7 heteroatoms. The van der Waals surface area contributed by atoms with Crippen LogP contribution in [0.1, 0.15) is 43.5 Å². The van der Waals surface area contributed by atoms with Crippen molar-refractivity contribution in [3.05, 3.63) is 69.7 Å². The van der Waals surface area contributed by atoms with E-state index < -0.39 is 29.4 Å². The maximum Gasteiger partial charge on any atom is 0.416 e. The standard InChI is InChI=1S/C19H20BrF3N2O/c1-18(2,3)25-17(26)24-16(14-6-4-5-7-15(14)20)12-8-10-13(11-9-12)19(21,22)23/h4-11,16H,1-3H3,(H2,24,25,26)/t16-/m0/s1. The molecule has 0 saturated heterocycles. The lowest BCUT2D eigenvalue weighted by molar-refractivity contribution is -0.137. The molecule has 0 bridgehead atoms. The van der Waals surface area contributed by atoms with Crippen molar-refractivity contribution in [1.29, 1.82) is 0 Å². The van der Waals surface area contributed by atoms with Gasteiger partial charge in [-0.05, 0) is 50.1 Å². The molecular formula is C19H20BrF3N2O. The van der Waals surface area contributed by atoms with E-state index in [0.717, 1.165) is 22.2 Å². The molecule has 26 heavy (non-hydrogen) atoms. The van der Waals surface area contributed by atoms with Gasteiger partial charge in [0.2, 0.25) is 0 Å². The van der Waals surface area contributed by atoms with Crippen molar-refractivity contribution in [1.82, 2.24) is 10.6 Å². The second-order valence-corrected chi connectivity index (χ2v) is 7.78. The van der Waals surface area contributed by atoms with E-state index in [1.807, 2.05) is 39.0 Å². The van der Waals surface area contributed by atoms with Crippen LogP contribution in [0, 0.1) is 0 Å². The molecule has 0 spiro atoms. The number of carbonyl (C=O) groups is 1. The first-order valence-corrected chi connectivity index (χ1v) is 8.77. The summed E-state index contributed by atoms with van der Waals surface area (Å²) in [4.78, 5) is 12.3. The summed E-state index contributed by atoms with van der Waals surface area (Å²) < 4.78 is 39.2. The number of carbonyl (C=O) groups excluding carboxylic acids is 1. The minimum absolute atomic E-state index is 0.404. The molecule has 0 aliphatic carbocycles. The van der Waals surface area contributed by atoms with Gasteiger partial charge in [0.25, 0.3) is 0 Å². The van der Waals surface area contributed by atoms with E-state index in [4.69, 9.17) is 0 Å². The molecule has 0 aliphatic heterocycles. The Hall–Kier alpha value is -2.02. The number of halogens is 4. The van der Waals surface area contributed by atoms with E-state index >= 15 is 0 Å². The third-order valence-corrected chi connectivity index (χ3v) is 4.27. The van der Waals surface area contributed by atoms with Crippen molar-refractivity contribution >= 4 is 22.0 Å². The summed E-state index contributed by atoms with van der Waals surface area (Å²) in [7, 11) is 0. The molecule has 0 fully saturated rings. The fourth-order valence-corrected chi connectivity index (χ4v) is 2.94. The van der Waals surface area contributed by atoms with E-state index in [1.165, 1.54) is 12.1 Å². The van der Waals surface area contributed by atoms with Crippen molar-refractivity contribution in [2.45, 2.75) is 38.5 Å². The number of urea groups is 1. The molecule has 2 N–H and O–H groups in total. The Bertz CT molecular complexity index is 768. The van der Waals surface area contributed by atoms with Crippen molar-refractivity contribution in [2.24, 2.45) is 0 Å². The average Bonchev–Trinajstić information content (AvgIpc) is 2.51. The van der Waals surface area contributed by atoms with Gasteiger partial charge in [-0.15, -0.1) is 0 Å². The van der Waals surface area contributed by atoms with Crippen LogP contribution in [0.4, 0.5) is 18.0 Å². The monoisotopic (exact) mass is 428 g/mol. The lowest BCUT2D eigenvalue weighted by atomic mass is 9.97. The molecule has 0 saturated carbocycles. The van der Waals surface area contributed by atoms with Gasteiger partial charge in [-0.3, -0.25) is 0 Å². The number of rotatable bonds is 3. The number of amides is 2. The average molecular weight is 429 g/mol. The van der Waals surface area contributed by atoms with Crippen molar-refractivity contribution in [3.8, 4) is 0 Å². The molecule has 2 aromatic rings. The van der Waals surface area contributed by atoms with Gasteiger partial charge >= 0.3 is 12.2 Å². The van der Waals surface area contributed by atoms with E-state index in [0.29, 0.717) is 5.56 Å². The van der Waals surface area contributed by atoms with E-state index in [-0.39, 0.29) is 0 Å². The second kappa shape index (κ2) is 7.70. The van der Waals surface area contributed by atoms with Crippen LogP contribution in [0.2, 0.25) is 0 Å². The number of hydrogen-bond donors (Lipinski definition) is 2. The minimum atomic E-state index is -4.40. The smallest absolute Gasteiger partial charge is 0.334 e. The zero-order valence-corrected chi connectivity index (χ0v) is 16.2. The summed E-state index contributed by atoms with van der Waals surface area (Å²) in [6, 6.07) is 11.0. The molecule has 0 radical (unpaired) electrons. The SMILES string of the molecule is CC(C)(C)NC(=O)N[C@@H](c1ccc(C(F)(F)F)cc1)c1ccccc1Br. The highest BCUT2D eigenvalue weighted by Crippen LogP contribution is 2.32. The zero-order chi connectivity index (χ0) is 19.5. The van der Waals surface area contributed by atoms with Gasteiger partial charge in [-0.1, -0.05) is 46.3 Å². The normalized spacial score (nSPS) is 13.2. The lowest BCUT2D eigenvalue weighted by Gasteiger charge is -2.26. The molecule has 0 aliphatic rings. The lowest BCUT2D eigenvalue weighted by Crippen LogP contribution is -2.47. The number of benzene rings is 2. The largest absolute Gasteiger partial charge is 0.416 e. The Morgan fingerprint density at radius 1 is 1.00 bits per heavy atom. The van der Waals surface area contributed by atoms with Gasteiger partial charge in [0, 0.05) is 10.0 Å². The van der Waals surface area contributed by atoms with Crippen LogP contribution in [0.5, 0.6) is 0 Å². The molecule has 3 nitrogen and oxygen atoms in total. The summed E-state index contributed by atoms with van der Waals surface area (Å²) in [6.45, 7) is 5.54. The molecule has 0 heterocycles. The molecular weight excluding hydrogens is 409 g/mol. The predicted molar refractivity (Wildman–Crippen MR) is 98.8 cm³/mol. The minimum Gasteiger partial charge on any atom is -0.334 e. The van der Waals surface area contributed by atoms with Gasteiger partial charge in [-0.2, -0.15) is 13.2 Å². The Morgan fingerprint density at radius 3 is 2.08 bits per heavy atom. The summed E-state index contributed by atoms with van der Waals surface area (Å²) in [5.41, 5.74) is 0.124. The van der Waals surface area contributed by atoms with E-state index in [2.05, 4.69) is 26.6 Å². The van der Waals surface area contributed by atoms with Crippen LogP contribution < -0.4 is 10.6 Å². The van der Waals surface area contributed by atoms with Crippen LogP contribution in [0.15, 0.2) is 53.0 Å². The molecule has 1 atom stereocenters. The van der Waals surface area contributed by atoms with Crippen LogP contribution in [-0.4, -0.2) is 11.6 Å². The van der Waals surface area contributed by atoms with Crippen LogP contribution in [0.25, 0.3) is 0 Å². The topological polar surface area (TPSA) is 41.1 Å². The summed E-state index contributed by atoms with van der Waals surface area (Å²) in [6.07, 6.45) is -4.40. The first-order chi connectivity index (χ1) is 12.0. The fourth-order valence-electron chi connectivity index (χ4n) is 2.42. The Morgan fingerprint density at radius 2 is 1.58 bits per heavy atom. The first-order valence-electron chi connectivity index (χ1n) is 7.97. The molecule has 2 aromatic carbocycles. The summed E-state index contributed by atoms with van der Waals surface area (Å²) in [5.74, 6) is 0. The molecule has 0 aromatic heterocycles. The molecule has 2 rings (SSSR count). The van der Waals surface area contributed by atoms with Crippen LogP contribution in [-0.2, 0) is 6.18 Å². The van der Waals surface area contributed by atoms with Crippen molar-refractivity contribution in [2.75, 3.05) is 0 Å². The van der Waals surface area contributed by atoms with Gasteiger partial charge < -0.3 is 10.6 Å². The van der Waals surface area contributed by atoms with Crippen molar-refractivity contribution < 1.29 is 18.0 Å². The van der Waals surface area contributed by atoms with Crippen LogP contribution >= 0.6 is 15.9 Å². The Balaban J connectivity index is 2.38. The van der Waals surface area contributed by atoms with Crippen LogP contribution in [0.3, 0.4) is 0 Å². The number of nitrogens with one attached hydrogen (secondary N) is 2. The maximum atomic E-state index is 12.8. The Kier molecular flexibility index (Phi) is 6.01. The van der Waals surface area contributed by atoms with E-state index in [1.54, 1.807) is 6.07 Å². The van der Waals surface area contributed by atoms with Gasteiger partial charge in [-0.25, -0.2) is 4.79 Å². The highest BCUT2D eigenvalue weighted by Gasteiger charge is 2.30. The highest BCUT2D eigenvalue weighted by atomic mass is 79.9. The highest BCUT2D eigenvalue weighted by molar-refractivity contribution is 9.10. The van der Waals surface area contributed by atoms with Crippen molar-refractivity contribution in [3.63, 3.8) is 0 Å². The Labute approximate surface area is 159 Å². The quantitative estimate of drug-likeness (QED) is 0.650. The van der Waals surface area contributed by atoms with Gasteiger partial charge in [0.15, 0.2) is 0 Å². The summed E-state index contributed by atoms with van der Waals surface area (Å²) in [5, 5.41) is 5.64. The maximum absolute atomic E-state index is 12.8. The third-order valence-electron chi connectivity index (χ3n) is 3.55. The first kappa shape index (κ1) is 20.3. The fraction of sp³-hybridized carbons (Fsp3) is 0.316. The van der Waals surface area contributed by atoms with Gasteiger partial charge in [0.1, 0.15) is 0 Å². The second-order valence-electron chi connectivity index (χ2n) is 6.92. The number of alkyl halides is 3. The number of hydrogen-bond acceptors (Lipinski definition) is 1. The van der Waals surface area contributed by atoms with E-state index in [9.17, 15) is 18.0 Å². The predicted octanol–water partition coefficient (Wildman–Crippen LogP) is 5.66. The van der Waals surface area contributed by atoms with Gasteiger partial charge in [0.05, 0.1) is 11.6 Å². The summed E-state index contributed by atoms with van der Waals surface area (Å²) >= 11 is 3.44. The molecule has 2 amide bonds.